The van der Waals surface area contributed by atoms with Crippen molar-refractivity contribution in [2.45, 2.75) is 17.9 Å². The zero-order chi connectivity index (χ0) is 15.6. The van der Waals surface area contributed by atoms with Gasteiger partial charge >= 0.3 is 5.97 Å². The number of aliphatic carboxylic acids is 1. The molecule has 1 N–H and O–H groups in total. The lowest BCUT2D eigenvalue weighted by atomic mass is 9.99. The molecule has 0 amide bonds. The average molecular weight is 311 g/mol. The quantitative estimate of drug-likeness (QED) is 0.848. The molecule has 0 aromatic heterocycles. The van der Waals surface area contributed by atoms with E-state index in [1.807, 2.05) is 0 Å². The Balaban J connectivity index is 2.41. The zero-order valence-electron chi connectivity index (χ0n) is 11.8. The molecule has 0 spiro atoms. The fraction of sp³-hybridized carbons (Fsp3) is 0.357. The van der Waals surface area contributed by atoms with E-state index in [2.05, 4.69) is 0 Å². The van der Waals surface area contributed by atoms with Crippen LogP contribution in [0.4, 0.5) is 0 Å². The van der Waals surface area contributed by atoms with E-state index in [4.69, 9.17) is 4.74 Å². The smallest absolute Gasteiger partial charge is 0.322 e. The number of hydrogen-bond acceptors (Lipinski definition) is 4. The first-order chi connectivity index (χ1) is 9.87. The molecule has 0 fully saturated rings. The van der Waals surface area contributed by atoms with Crippen molar-refractivity contribution in [1.29, 1.82) is 0 Å². The van der Waals surface area contributed by atoms with Crippen molar-refractivity contribution in [3.8, 4) is 5.75 Å². The van der Waals surface area contributed by atoms with Crippen LogP contribution in [0.1, 0.15) is 6.92 Å². The van der Waals surface area contributed by atoms with Crippen molar-refractivity contribution < 1.29 is 23.1 Å². The number of carbonyl (C=O) groups is 1. The standard InChI is InChI=1S/C14H17NO5S/c1-10-4-3-9-15(13(10)14(16)17)21(18,19)12-7-5-11(20-2)6-8-12/h3-8,10,13H,9H2,1-2H3,(H,16,17)/t10-,13-/m1/s1. The zero-order valence-corrected chi connectivity index (χ0v) is 12.6. The predicted octanol–water partition coefficient (Wildman–Crippen LogP) is 1.34. The van der Waals surface area contributed by atoms with Gasteiger partial charge in [-0.3, -0.25) is 4.79 Å². The van der Waals surface area contributed by atoms with Gasteiger partial charge in [0.15, 0.2) is 0 Å². The van der Waals surface area contributed by atoms with Crippen LogP contribution in [-0.4, -0.2) is 43.5 Å². The second-order valence-corrected chi connectivity index (χ2v) is 6.71. The normalized spacial score (nSPS) is 23.0. The molecule has 0 aliphatic carbocycles. The maximum Gasteiger partial charge on any atom is 0.322 e. The SMILES string of the molecule is COc1ccc(S(=O)(=O)N2CC=C[C@@H](C)[C@@H]2C(=O)O)cc1. The lowest BCUT2D eigenvalue weighted by Crippen LogP contribution is -2.50. The summed E-state index contributed by atoms with van der Waals surface area (Å²) in [5, 5.41) is 9.31. The van der Waals surface area contributed by atoms with Gasteiger partial charge in [0.05, 0.1) is 12.0 Å². The Bertz CT molecular complexity index is 650. The summed E-state index contributed by atoms with van der Waals surface area (Å²) in [7, 11) is -2.38. The Labute approximate surface area is 123 Å². The third-order valence-electron chi connectivity index (χ3n) is 3.45. The molecule has 6 nitrogen and oxygen atoms in total. The summed E-state index contributed by atoms with van der Waals surface area (Å²) in [6.07, 6.45) is 3.39. The number of hydrogen-bond donors (Lipinski definition) is 1. The lowest BCUT2D eigenvalue weighted by Gasteiger charge is -2.32. The molecule has 7 heteroatoms. The Morgan fingerprint density at radius 3 is 2.48 bits per heavy atom. The second kappa shape index (κ2) is 5.87. The van der Waals surface area contributed by atoms with Crippen LogP contribution in [0.15, 0.2) is 41.3 Å². The van der Waals surface area contributed by atoms with E-state index < -0.39 is 22.0 Å². The largest absolute Gasteiger partial charge is 0.497 e. The molecule has 0 unspecified atom stereocenters. The van der Waals surface area contributed by atoms with Crippen LogP contribution in [0.5, 0.6) is 5.75 Å². The summed E-state index contributed by atoms with van der Waals surface area (Å²) in [6.45, 7) is 1.74. The van der Waals surface area contributed by atoms with Crippen LogP contribution in [-0.2, 0) is 14.8 Å². The van der Waals surface area contributed by atoms with E-state index in [0.717, 1.165) is 4.31 Å². The molecule has 0 saturated carbocycles. The molecule has 1 heterocycles. The molecule has 1 aromatic carbocycles. The van der Waals surface area contributed by atoms with Crippen LogP contribution < -0.4 is 4.74 Å². The Morgan fingerprint density at radius 1 is 1.33 bits per heavy atom. The first kappa shape index (κ1) is 15.5. The predicted molar refractivity (Wildman–Crippen MR) is 76.6 cm³/mol. The molecule has 2 rings (SSSR count). The number of ether oxygens (including phenoxy) is 1. The van der Waals surface area contributed by atoms with Gasteiger partial charge in [-0.15, -0.1) is 0 Å². The monoisotopic (exact) mass is 311 g/mol. The Morgan fingerprint density at radius 2 is 1.95 bits per heavy atom. The number of rotatable bonds is 4. The van der Waals surface area contributed by atoms with Gasteiger partial charge in [-0.1, -0.05) is 19.1 Å². The highest BCUT2D eigenvalue weighted by atomic mass is 32.2. The lowest BCUT2D eigenvalue weighted by molar-refractivity contribution is -0.142. The van der Waals surface area contributed by atoms with Crippen molar-refractivity contribution >= 4 is 16.0 Å². The average Bonchev–Trinajstić information content (AvgIpc) is 2.46. The van der Waals surface area contributed by atoms with Gasteiger partial charge in [0.25, 0.3) is 0 Å². The summed E-state index contributed by atoms with van der Waals surface area (Å²) in [4.78, 5) is 11.4. The topological polar surface area (TPSA) is 83.9 Å². The van der Waals surface area contributed by atoms with Crippen molar-refractivity contribution in [3.63, 3.8) is 0 Å². The summed E-state index contributed by atoms with van der Waals surface area (Å²) < 4.78 is 31.3. The minimum atomic E-state index is -3.87. The fourth-order valence-corrected chi connectivity index (χ4v) is 3.95. The van der Waals surface area contributed by atoms with Gasteiger partial charge in [0, 0.05) is 12.5 Å². The minimum absolute atomic E-state index is 0.0513. The molecule has 1 aliphatic heterocycles. The van der Waals surface area contributed by atoms with Crippen molar-refractivity contribution in [2.75, 3.05) is 13.7 Å². The van der Waals surface area contributed by atoms with Crippen LogP contribution >= 0.6 is 0 Å². The Kier molecular flexibility index (Phi) is 4.34. The first-order valence-electron chi connectivity index (χ1n) is 6.43. The molecule has 1 aromatic rings. The van der Waals surface area contributed by atoms with E-state index >= 15 is 0 Å². The maximum atomic E-state index is 12.6. The molecular formula is C14H17NO5S. The minimum Gasteiger partial charge on any atom is -0.497 e. The molecule has 114 valence electrons. The summed E-state index contributed by atoms with van der Waals surface area (Å²) >= 11 is 0. The fourth-order valence-electron chi connectivity index (χ4n) is 2.34. The second-order valence-electron chi connectivity index (χ2n) is 4.82. The van der Waals surface area contributed by atoms with Crippen molar-refractivity contribution in [1.82, 2.24) is 4.31 Å². The summed E-state index contributed by atoms with van der Waals surface area (Å²) in [6, 6.07) is 4.80. The molecule has 0 saturated heterocycles. The van der Waals surface area contributed by atoms with E-state index in [9.17, 15) is 18.3 Å². The highest BCUT2D eigenvalue weighted by Gasteiger charge is 2.39. The van der Waals surface area contributed by atoms with E-state index in [1.54, 1.807) is 19.1 Å². The van der Waals surface area contributed by atoms with Gasteiger partial charge in [0.2, 0.25) is 10.0 Å². The molecule has 1 aliphatic rings. The maximum absolute atomic E-state index is 12.6. The molecule has 0 bridgehead atoms. The van der Waals surface area contributed by atoms with Gasteiger partial charge < -0.3 is 9.84 Å². The number of carboxylic acids is 1. The van der Waals surface area contributed by atoms with Gasteiger partial charge in [0.1, 0.15) is 11.8 Å². The van der Waals surface area contributed by atoms with Crippen molar-refractivity contribution in [2.24, 2.45) is 5.92 Å². The number of carboxylic acid groups (broad SMARTS) is 1. The van der Waals surface area contributed by atoms with E-state index in [1.165, 1.54) is 31.4 Å². The van der Waals surface area contributed by atoms with Crippen LogP contribution in [0.2, 0.25) is 0 Å². The first-order valence-corrected chi connectivity index (χ1v) is 7.87. The summed E-state index contributed by atoms with van der Waals surface area (Å²) in [5.74, 6) is -0.996. The Hall–Kier alpha value is -1.86. The summed E-state index contributed by atoms with van der Waals surface area (Å²) in [5.41, 5.74) is 0. The highest BCUT2D eigenvalue weighted by Crippen LogP contribution is 2.26. The third kappa shape index (κ3) is 2.93. The van der Waals surface area contributed by atoms with Crippen molar-refractivity contribution in [3.05, 3.63) is 36.4 Å². The number of sulfonamides is 1. The number of methoxy groups -OCH3 is 1. The number of nitrogens with zero attached hydrogens (tertiary/aromatic N) is 1. The molecule has 21 heavy (non-hydrogen) atoms. The van der Waals surface area contributed by atoms with E-state index in [-0.39, 0.29) is 17.4 Å². The van der Waals surface area contributed by atoms with Gasteiger partial charge in [-0.05, 0) is 24.3 Å². The third-order valence-corrected chi connectivity index (χ3v) is 5.31. The van der Waals surface area contributed by atoms with Crippen LogP contribution in [0, 0.1) is 5.92 Å². The molecule has 0 radical (unpaired) electrons. The molecular weight excluding hydrogens is 294 g/mol. The van der Waals surface area contributed by atoms with E-state index in [0.29, 0.717) is 5.75 Å². The van der Waals surface area contributed by atoms with Gasteiger partial charge in [-0.25, -0.2) is 8.42 Å². The van der Waals surface area contributed by atoms with Crippen LogP contribution in [0.3, 0.4) is 0 Å². The highest BCUT2D eigenvalue weighted by molar-refractivity contribution is 7.89. The molecule has 2 atom stereocenters. The van der Waals surface area contributed by atoms with Gasteiger partial charge in [-0.2, -0.15) is 4.31 Å². The number of benzene rings is 1. The van der Waals surface area contributed by atoms with Crippen LogP contribution in [0.25, 0.3) is 0 Å².